The molecule has 0 aliphatic carbocycles. The fourth-order valence-electron chi connectivity index (χ4n) is 2.41. The molecule has 1 aliphatic rings. The molecule has 3 rings (SSSR count). The number of halogens is 1. The lowest BCUT2D eigenvalue weighted by atomic mass is 9.85. The van der Waals surface area contributed by atoms with Gasteiger partial charge in [-0.25, -0.2) is 4.79 Å². The Kier molecular flexibility index (Phi) is 3.50. The van der Waals surface area contributed by atoms with Crippen molar-refractivity contribution in [1.29, 1.82) is 5.26 Å². The van der Waals surface area contributed by atoms with Crippen LogP contribution >= 0.6 is 22.6 Å². The van der Waals surface area contributed by atoms with Crippen LogP contribution in [0.3, 0.4) is 0 Å². The minimum absolute atomic E-state index is 0.0325. The van der Waals surface area contributed by atoms with E-state index in [1.807, 2.05) is 18.2 Å². The molecule has 2 aromatic rings. The van der Waals surface area contributed by atoms with Crippen LogP contribution in [0.15, 0.2) is 45.3 Å². The van der Waals surface area contributed by atoms with Crippen LogP contribution in [0.4, 0.5) is 0 Å². The van der Waals surface area contributed by atoms with Crippen LogP contribution in [0.5, 0.6) is 5.88 Å². The van der Waals surface area contributed by atoms with E-state index in [0.29, 0.717) is 0 Å². The van der Waals surface area contributed by atoms with Gasteiger partial charge in [0, 0.05) is 3.57 Å². The molecule has 4 N–H and O–H groups in total. The average molecular weight is 408 g/mol. The molecule has 1 aromatic heterocycles. The van der Waals surface area contributed by atoms with Crippen molar-refractivity contribution in [1.82, 2.24) is 9.97 Å². The number of hydrogen-bond acceptors (Lipinski definition) is 5. The molecule has 22 heavy (non-hydrogen) atoms. The number of nitrogens with two attached hydrogens (primary N) is 1. The molecular formula is C14H9IN4O3. The maximum Gasteiger partial charge on any atom is 0.328 e. The van der Waals surface area contributed by atoms with Crippen molar-refractivity contribution in [3.8, 4) is 11.9 Å². The van der Waals surface area contributed by atoms with Gasteiger partial charge in [-0.2, -0.15) is 5.26 Å². The molecule has 7 nitrogen and oxygen atoms in total. The number of hydrogen-bond donors (Lipinski definition) is 3. The van der Waals surface area contributed by atoms with E-state index in [1.54, 1.807) is 12.1 Å². The summed E-state index contributed by atoms with van der Waals surface area (Å²) in [6.07, 6.45) is 0. The van der Waals surface area contributed by atoms with Gasteiger partial charge in [-0.15, -0.1) is 0 Å². The number of rotatable bonds is 1. The van der Waals surface area contributed by atoms with Crippen molar-refractivity contribution >= 4 is 22.6 Å². The van der Waals surface area contributed by atoms with Crippen LogP contribution in [0.25, 0.3) is 0 Å². The highest BCUT2D eigenvalue weighted by molar-refractivity contribution is 14.1. The van der Waals surface area contributed by atoms with Gasteiger partial charge in [-0.05, 0) is 34.2 Å². The molecule has 0 saturated heterocycles. The van der Waals surface area contributed by atoms with E-state index >= 15 is 0 Å². The molecule has 1 unspecified atom stereocenters. The third kappa shape index (κ3) is 2.19. The second kappa shape index (κ2) is 5.34. The first-order chi connectivity index (χ1) is 10.5. The van der Waals surface area contributed by atoms with E-state index in [9.17, 15) is 14.9 Å². The van der Waals surface area contributed by atoms with E-state index in [2.05, 4.69) is 32.6 Å². The lowest BCUT2D eigenvalue weighted by molar-refractivity contribution is 0.373. The minimum atomic E-state index is -0.696. The topological polar surface area (TPSA) is 125 Å². The van der Waals surface area contributed by atoms with Crippen LogP contribution < -0.4 is 21.7 Å². The molecule has 1 aliphatic heterocycles. The maximum atomic E-state index is 12.2. The second-order valence-corrected chi connectivity index (χ2v) is 5.76. The highest BCUT2D eigenvalue weighted by Gasteiger charge is 2.34. The van der Waals surface area contributed by atoms with Crippen LogP contribution in [0, 0.1) is 14.9 Å². The highest BCUT2D eigenvalue weighted by atomic mass is 127. The number of aromatic nitrogens is 2. The lowest BCUT2D eigenvalue weighted by Gasteiger charge is -2.25. The number of benzene rings is 1. The standard InChI is InChI=1S/C14H9IN4O3/c15-8-4-2-1-3-6(8)9-7(5-16)11(17)22-13-10(9)12(20)18-14(21)19-13/h1-4,9H,17H2,(H2,18,19,20,21). The summed E-state index contributed by atoms with van der Waals surface area (Å²) in [6, 6.07) is 9.31. The highest BCUT2D eigenvalue weighted by Crippen LogP contribution is 2.39. The Morgan fingerprint density at radius 3 is 2.68 bits per heavy atom. The molecule has 0 radical (unpaired) electrons. The molecule has 0 fully saturated rings. The van der Waals surface area contributed by atoms with Gasteiger partial charge in [-0.3, -0.25) is 14.8 Å². The summed E-state index contributed by atoms with van der Waals surface area (Å²) in [4.78, 5) is 28.2. The second-order valence-electron chi connectivity index (χ2n) is 4.60. The van der Waals surface area contributed by atoms with E-state index in [0.717, 1.165) is 9.13 Å². The molecule has 0 bridgehead atoms. The largest absolute Gasteiger partial charge is 0.424 e. The smallest absolute Gasteiger partial charge is 0.328 e. The van der Waals surface area contributed by atoms with Gasteiger partial charge in [0.25, 0.3) is 5.56 Å². The van der Waals surface area contributed by atoms with Crippen molar-refractivity contribution < 1.29 is 4.74 Å². The minimum Gasteiger partial charge on any atom is -0.424 e. The fourth-order valence-corrected chi connectivity index (χ4v) is 3.11. The fraction of sp³-hybridized carbons (Fsp3) is 0.0714. The number of nitrogens with one attached hydrogen (secondary N) is 2. The first-order valence-electron chi connectivity index (χ1n) is 6.21. The third-order valence-electron chi connectivity index (χ3n) is 3.33. The molecule has 2 heterocycles. The Labute approximate surface area is 137 Å². The normalized spacial score (nSPS) is 16.6. The zero-order valence-electron chi connectivity index (χ0n) is 11.0. The first-order valence-corrected chi connectivity index (χ1v) is 7.29. The molecule has 8 heteroatoms. The number of fused-ring (bicyclic) bond motifs is 1. The Balaban J connectivity index is 2.38. The van der Waals surface area contributed by atoms with E-state index < -0.39 is 17.2 Å². The van der Waals surface area contributed by atoms with Gasteiger partial charge in [-0.1, -0.05) is 18.2 Å². The van der Waals surface area contributed by atoms with Crippen molar-refractivity contribution in [2.24, 2.45) is 5.73 Å². The quantitative estimate of drug-likeness (QED) is 0.605. The Morgan fingerprint density at radius 2 is 2.00 bits per heavy atom. The van der Waals surface area contributed by atoms with Gasteiger partial charge in [0.15, 0.2) is 0 Å². The summed E-state index contributed by atoms with van der Waals surface area (Å²) >= 11 is 2.12. The van der Waals surface area contributed by atoms with E-state index in [4.69, 9.17) is 10.5 Å². The van der Waals surface area contributed by atoms with Crippen molar-refractivity contribution in [3.63, 3.8) is 0 Å². The Hall–Kier alpha value is -2.54. The van der Waals surface area contributed by atoms with Gasteiger partial charge in [0.2, 0.25) is 11.8 Å². The van der Waals surface area contributed by atoms with Crippen LogP contribution in [-0.2, 0) is 0 Å². The Bertz CT molecular complexity index is 952. The third-order valence-corrected chi connectivity index (χ3v) is 4.32. The van der Waals surface area contributed by atoms with Gasteiger partial charge < -0.3 is 10.5 Å². The summed E-state index contributed by atoms with van der Waals surface area (Å²) in [5, 5.41) is 9.40. The van der Waals surface area contributed by atoms with Crippen molar-refractivity contribution in [3.05, 3.63) is 71.3 Å². The maximum absolute atomic E-state index is 12.2. The first kappa shape index (κ1) is 14.4. The number of aromatic amines is 2. The molecule has 1 atom stereocenters. The van der Waals surface area contributed by atoms with E-state index in [1.165, 1.54) is 0 Å². The zero-order chi connectivity index (χ0) is 15.9. The number of nitrogens with zero attached hydrogens (tertiary/aromatic N) is 1. The summed E-state index contributed by atoms with van der Waals surface area (Å²) in [5.41, 5.74) is 5.51. The summed E-state index contributed by atoms with van der Waals surface area (Å²) in [7, 11) is 0. The predicted octanol–water partition coefficient (Wildman–Crippen LogP) is 0.886. The predicted molar refractivity (Wildman–Crippen MR) is 86.1 cm³/mol. The number of ether oxygens (including phenoxy) is 1. The van der Waals surface area contributed by atoms with Crippen LogP contribution in [0.1, 0.15) is 17.0 Å². The molecule has 0 spiro atoms. The molecule has 0 amide bonds. The van der Waals surface area contributed by atoms with Gasteiger partial charge in [0.05, 0.1) is 11.5 Å². The molecular weight excluding hydrogens is 399 g/mol. The summed E-state index contributed by atoms with van der Waals surface area (Å²) in [6.45, 7) is 0. The monoisotopic (exact) mass is 408 g/mol. The molecule has 110 valence electrons. The van der Waals surface area contributed by atoms with Gasteiger partial charge in [0.1, 0.15) is 11.6 Å². The zero-order valence-corrected chi connectivity index (χ0v) is 13.2. The van der Waals surface area contributed by atoms with Crippen molar-refractivity contribution in [2.75, 3.05) is 0 Å². The number of H-pyrrole nitrogens is 2. The van der Waals surface area contributed by atoms with Gasteiger partial charge >= 0.3 is 5.69 Å². The SMILES string of the molecule is N#CC1=C(N)Oc2[nH]c(=O)[nH]c(=O)c2C1c1ccccc1I. The van der Waals surface area contributed by atoms with Crippen LogP contribution in [-0.4, -0.2) is 9.97 Å². The van der Waals surface area contributed by atoms with E-state index in [-0.39, 0.29) is 22.9 Å². The summed E-state index contributed by atoms with van der Waals surface area (Å²) in [5.74, 6) is -0.849. The summed E-state index contributed by atoms with van der Waals surface area (Å²) < 4.78 is 6.11. The average Bonchev–Trinajstić information content (AvgIpc) is 2.46. The van der Waals surface area contributed by atoms with Crippen LogP contribution in [0.2, 0.25) is 0 Å². The lowest BCUT2D eigenvalue weighted by Crippen LogP contribution is -2.33. The Morgan fingerprint density at radius 1 is 1.27 bits per heavy atom. The number of allylic oxidation sites excluding steroid dienone is 1. The molecule has 1 aromatic carbocycles. The van der Waals surface area contributed by atoms with Crippen molar-refractivity contribution in [2.45, 2.75) is 5.92 Å². The number of nitriles is 1. The molecule has 0 saturated carbocycles.